The van der Waals surface area contributed by atoms with Crippen LogP contribution in [0.4, 0.5) is 13.2 Å². The van der Waals surface area contributed by atoms with Crippen LogP contribution in [0.3, 0.4) is 0 Å². The summed E-state index contributed by atoms with van der Waals surface area (Å²) >= 11 is 11.4. The average Bonchev–Trinajstić information content (AvgIpc) is 2.89. The summed E-state index contributed by atoms with van der Waals surface area (Å²) in [5.74, 6) is 0.108. The maximum Gasteiger partial charge on any atom is 0.573 e. The summed E-state index contributed by atoms with van der Waals surface area (Å²) in [4.78, 5) is 0. The number of benzene rings is 2. The van der Waals surface area contributed by atoms with Gasteiger partial charge in [0.2, 0.25) is 0 Å². The summed E-state index contributed by atoms with van der Waals surface area (Å²) in [6.45, 7) is 0. The summed E-state index contributed by atoms with van der Waals surface area (Å²) < 4.78 is 42.5. The fraction of sp³-hybridized carbons (Fsp3) is 0.0667. The summed E-state index contributed by atoms with van der Waals surface area (Å²) in [5.41, 5.74) is 1.17. The number of hydrogen-bond acceptors (Lipinski definition) is 3. The first-order valence-electron chi connectivity index (χ1n) is 6.64. The molecule has 0 bridgehead atoms. The van der Waals surface area contributed by atoms with Crippen LogP contribution in [0, 0.1) is 4.77 Å². The first-order valence-corrected chi connectivity index (χ1v) is 7.42. The largest absolute Gasteiger partial charge is 0.573 e. The van der Waals surface area contributed by atoms with Crippen molar-refractivity contribution in [2.24, 2.45) is 0 Å². The molecule has 2 aromatic carbocycles. The molecule has 3 aromatic rings. The van der Waals surface area contributed by atoms with Crippen molar-refractivity contribution in [1.29, 1.82) is 0 Å². The van der Waals surface area contributed by atoms with E-state index in [2.05, 4.69) is 14.9 Å². The van der Waals surface area contributed by atoms with E-state index in [1.54, 1.807) is 28.8 Å². The molecule has 0 atom stereocenters. The maximum absolute atomic E-state index is 12.2. The number of aromatic amines is 1. The fourth-order valence-electron chi connectivity index (χ4n) is 2.15. The molecular weight excluding hydrogens is 363 g/mol. The predicted molar refractivity (Wildman–Crippen MR) is 85.9 cm³/mol. The minimum Gasteiger partial charge on any atom is -0.406 e. The highest BCUT2D eigenvalue weighted by Gasteiger charge is 2.31. The first kappa shape index (κ1) is 16.5. The Morgan fingerprint density at radius 1 is 1.08 bits per heavy atom. The van der Waals surface area contributed by atoms with Crippen molar-refractivity contribution in [3.8, 4) is 22.8 Å². The van der Waals surface area contributed by atoms with Crippen LogP contribution >= 0.6 is 23.8 Å². The van der Waals surface area contributed by atoms with Gasteiger partial charge in [-0.2, -0.15) is 5.10 Å². The van der Waals surface area contributed by atoms with Gasteiger partial charge in [0.25, 0.3) is 0 Å². The first-order chi connectivity index (χ1) is 11.3. The number of halogens is 4. The van der Waals surface area contributed by atoms with E-state index in [4.69, 9.17) is 23.8 Å². The van der Waals surface area contributed by atoms with Crippen LogP contribution in [-0.2, 0) is 0 Å². The number of nitrogens with zero attached hydrogens (tertiary/aromatic N) is 2. The SMILES string of the molecule is FC(F)(F)Oc1ccc(-c2n[nH]c(=S)n2-c2ccccc2Cl)cc1. The zero-order chi connectivity index (χ0) is 17.3. The van der Waals surface area contributed by atoms with E-state index in [-0.39, 0.29) is 5.75 Å². The average molecular weight is 372 g/mol. The molecule has 0 unspecified atom stereocenters. The molecule has 124 valence electrons. The Balaban J connectivity index is 2.03. The van der Waals surface area contributed by atoms with Crippen LogP contribution < -0.4 is 4.74 Å². The Kier molecular flexibility index (Phi) is 4.33. The van der Waals surface area contributed by atoms with E-state index in [1.165, 1.54) is 24.3 Å². The molecule has 0 saturated carbocycles. The van der Waals surface area contributed by atoms with Crippen LogP contribution in [-0.4, -0.2) is 21.1 Å². The normalized spacial score (nSPS) is 11.5. The summed E-state index contributed by atoms with van der Waals surface area (Å²) in [5, 5.41) is 7.26. The number of para-hydroxylation sites is 1. The third kappa shape index (κ3) is 3.44. The molecule has 1 aromatic heterocycles. The summed E-state index contributed by atoms with van der Waals surface area (Å²) in [7, 11) is 0. The zero-order valence-electron chi connectivity index (χ0n) is 11.8. The van der Waals surface area contributed by atoms with Gasteiger partial charge in [-0.3, -0.25) is 9.67 Å². The Hall–Kier alpha value is -2.32. The number of nitrogens with one attached hydrogen (secondary N) is 1. The third-order valence-corrected chi connectivity index (χ3v) is 3.71. The van der Waals surface area contributed by atoms with Gasteiger partial charge in [-0.05, 0) is 48.6 Å². The van der Waals surface area contributed by atoms with Gasteiger partial charge < -0.3 is 4.74 Å². The van der Waals surface area contributed by atoms with E-state index in [1.807, 2.05) is 0 Å². The molecule has 0 aliphatic rings. The zero-order valence-corrected chi connectivity index (χ0v) is 13.4. The second-order valence-corrected chi connectivity index (χ2v) is 5.51. The highest BCUT2D eigenvalue weighted by Crippen LogP contribution is 2.29. The molecular formula is C15H9ClF3N3OS. The highest BCUT2D eigenvalue weighted by molar-refractivity contribution is 7.71. The number of alkyl halides is 3. The predicted octanol–water partition coefficient (Wildman–Crippen LogP) is 5.15. The molecule has 0 fully saturated rings. The third-order valence-electron chi connectivity index (χ3n) is 3.11. The van der Waals surface area contributed by atoms with E-state index in [0.29, 0.717) is 26.9 Å². The number of rotatable bonds is 3. The van der Waals surface area contributed by atoms with Crippen molar-refractivity contribution in [1.82, 2.24) is 14.8 Å². The molecule has 0 spiro atoms. The second-order valence-electron chi connectivity index (χ2n) is 4.71. The number of hydrogen-bond donors (Lipinski definition) is 1. The molecule has 0 radical (unpaired) electrons. The lowest BCUT2D eigenvalue weighted by molar-refractivity contribution is -0.274. The van der Waals surface area contributed by atoms with Gasteiger partial charge in [-0.15, -0.1) is 13.2 Å². The van der Waals surface area contributed by atoms with Gasteiger partial charge in [0.05, 0.1) is 10.7 Å². The lowest BCUT2D eigenvalue weighted by Crippen LogP contribution is -2.16. The minimum atomic E-state index is -4.74. The maximum atomic E-state index is 12.2. The standard InChI is InChI=1S/C15H9ClF3N3OS/c16-11-3-1-2-4-12(11)22-13(20-21-14(22)24)9-5-7-10(8-6-9)23-15(17,18)19/h1-8H,(H,21,24). The lowest BCUT2D eigenvalue weighted by Gasteiger charge is -2.10. The molecule has 1 heterocycles. The van der Waals surface area contributed by atoms with Gasteiger partial charge in [0.1, 0.15) is 5.75 Å². The van der Waals surface area contributed by atoms with Crippen molar-refractivity contribution in [2.75, 3.05) is 0 Å². The van der Waals surface area contributed by atoms with Crippen molar-refractivity contribution in [3.63, 3.8) is 0 Å². The Labute approximate surface area is 144 Å². The van der Waals surface area contributed by atoms with Crippen molar-refractivity contribution < 1.29 is 17.9 Å². The second kappa shape index (κ2) is 6.29. The van der Waals surface area contributed by atoms with Gasteiger partial charge in [0, 0.05) is 5.56 Å². The van der Waals surface area contributed by atoms with Crippen LogP contribution in [0.25, 0.3) is 17.1 Å². The number of H-pyrrole nitrogens is 1. The van der Waals surface area contributed by atoms with Crippen molar-refractivity contribution in [3.05, 3.63) is 58.3 Å². The molecule has 0 aliphatic carbocycles. The molecule has 24 heavy (non-hydrogen) atoms. The van der Waals surface area contributed by atoms with Gasteiger partial charge in [0.15, 0.2) is 10.6 Å². The monoisotopic (exact) mass is 371 g/mol. The van der Waals surface area contributed by atoms with Gasteiger partial charge >= 0.3 is 6.36 Å². The van der Waals surface area contributed by atoms with Crippen LogP contribution in [0.1, 0.15) is 0 Å². The Morgan fingerprint density at radius 2 is 1.75 bits per heavy atom. The molecule has 3 rings (SSSR count). The summed E-state index contributed by atoms with van der Waals surface area (Å²) in [6, 6.07) is 12.4. The van der Waals surface area contributed by atoms with Crippen LogP contribution in [0.5, 0.6) is 5.75 Å². The Morgan fingerprint density at radius 3 is 2.38 bits per heavy atom. The van der Waals surface area contributed by atoms with Crippen molar-refractivity contribution in [2.45, 2.75) is 6.36 Å². The number of ether oxygens (including phenoxy) is 1. The van der Waals surface area contributed by atoms with Crippen LogP contribution in [0.2, 0.25) is 5.02 Å². The van der Waals surface area contributed by atoms with Gasteiger partial charge in [-0.25, -0.2) is 0 Å². The smallest absolute Gasteiger partial charge is 0.406 e. The summed E-state index contributed by atoms with van der Waals surface area (Å²) in [6.07, 6.45) is -4.74. The van der Waals surface area contributed by atoms with Crippen molar-refractivity contribution >= 4 is 23.8 Å². The fourth-order valence-corrected chi connectivity index (χ4v) is 2.60. The molecule has 0 saturated heterocycles. The highest BCUT2D eigenvalue weighted by atomic mass is 35.5. The lowest BCUT2D eigenvalue weighted by atomic mass is 10.2. The minimum absolute atomic E-state index is 0.314. The van der Waals surface area contributed by atoms with Crippen LogP contribution in [0.15, 0.2) is 48.5 Å². The topological polar surface area (TPSA) is 42.8 Å². The molecule has 0 aliphatic heterocycles. The van der Waals surface area contributed by atoms with Gasteiger partial charge in [-0.1, -0.05) is 23.7 Å². The molecule has 4 nitrogen and oxygen atoms in total. The van der Waals surface area contributed by atoms with E-state index >= 15 is 0 Å². The molecule has 1 N–H and O–H groups in total. The van der Waals surface area contributed by atoms with E-state index < -0.39 is 6.36 Å². The van der Waals surface area contributed by atoms with E-state index in [0.717, 1.165) is 0 Å². The number of aromatic nitrogens is 3. The quantitative estimate of drug-likeness (QED) is 0.647. The molecule has 0 amide bonds. The van der Waals surface area contributed by atoms with E-state index in [9.17, 15) is 13.2 Å². The Bertz CT molecular complexity index is 919. The molecule has 9 heteroatoms.